The van der Waals surface area contributed by atoms with E-state index in [-0.39, 0.29) is 0 Å². The Morgan fingerprint density at radius 2 is 1.77 bits per heavy atom. The summed E-state index contributed by atoms with van der Waals surface area (Å²) in [6, 6.07) is 18.9. The summed E-state index contributed by atoms with van der Waals surface area (Å²) in [5, 5.41) is 2.27. The Morgan fingerprint density at radius 1 is 0.864 bits per heavy atom. The molecule has 3 aromatic heterocycles. The topological polar surface area (TPSA) is 30.2 Å². The van der Waals surface area contributed by atoms with Crippen molar-refractivity contribution in [2.75, 3.05) is 0 Å². The molecule has 0 aliphatic carbocycles. The van der Waals surface area contributed by atoms with Crippen LogP contribution in [0.15, 0.2) is 60.8 Å². The molecule has 22 heavy (non-hydrogen) atoms. The number of imidazole rings is 1. The van der Waals surface area contributed by atoms with E-state index in [9.17, 15) is 0 Å². The van der Waals surface area contributed by atoms with Crippen LogP contribution in [0.3, 0.4) is 0 Å². The summed E-state index contributed by atoms with van der Waals surface area (Å²) >= 11 is 0. The van der Waals surface area contributed by atoms with Crippen molar-refractivity contribution in [1.29, 1.82) is 0 Å². The zero-order valence-electron chi connectivity index (χ0n) is 12.1. The second-order valence-electron chi connectivity index (χ2n) is 5.68. The highest BCUT2D eigenvalue weighted by Crippen LogP contribution is 2.31. The van der Waals surface area contributed by atoms with Crippen LogP contribution in [0.4, 0.5) is 0 Å². The molecule has 2 aromatic carbocycles. The van der Waals surface area contributed by atoms with Crippen LogP contribution in [-0.4, -0.2) is 14.4 Å². The molecule has 0 amide bonds. The lowest BCUT2D eigenvalue weighted by atomic mass is 10.1. The molecule has 0 radical (unpaired) electrons. The van der Waals surface area contributed by atoms with Gasteiger partial charge in [0, 0.05) is 17.0 Å². The molecule has 0 bridgehead atoms. The normalized spacial score (nSPS) is 11.9. The Hall–Kier alpha value is -2.94. The highest BCUT2D eigenvalue weighted by atomic mass is 15.0. The van der Waals surface area contributed by atoms with Crippen molar-refractivity contribution in [1.82, 2.24) is 14.4 Å². The van der Waals surface area contributed by atoms with Crippen molar-refractivity contribution < 1.29 is 0 Å². The highest BCUT2D eigenvalue weighted by molar-refractivity contribution is 6.11. The highest BCUT2D eigenvalue weighted by Gasteiger charge is 2.13. The van der Waals surface area contributed by atoms with E-state index in [0.29, 0.717) is 0 Å². The van der Waals surface area contributed by atoms with E-state index in [1.807, 2.05) is 18.3 Å². The maximum Gasteiger partial charge on any atom is 0.147 e. The smallest absolute Gasteiger partial charge is 0.147 e. The summed E-state index contributed by atoms with van der Waals surface area (Å²) in [6.07, 6.45) is 1.85. The van der Waals surface area contributed by atoms with E-state index in [1.165, 1.54) is 10.9 Å². The quantitative estimate of drug-likeness (QED) is 0.392. The van der Waals surface area contributed by atoms with E-state index in [4.69, 9.17) is 4.98 Å². The lowest BCUT2D eigenvalue weighted by Crippen LogP contribution is -1.93. The fourth-order valence-electron chi connectivity index (χ4n) is 3.29. The molecule has 3 heterocycles. The summed E-state index contributed by atoms with van der Waals surface area (Å²) in [4.78, 5) is 9.46. The van der Waals surface area contributed by atoms with Crippen molar-refractivity contribution in [3.63, 3.8) is 0 Å². The molecule has 0 spiro atoms. The van der Waals surface area contributed by atoms with E-state index in [2.05, 4.69) is 58.8 Å². The van der Waals surface area contributed by atoms with Crippen molar-refractivity contribution in [2.45, 2.75) is 6.92 Å². The summed E-state index contributed by atoms with van der Waals surface area (Å²) in [6.45, 7) is 2.12. The first-order valence-corrected chi connectivity index (χ1v) is 7.37. The third kappa shape index (κ3) is 1.40. The standard InChI is InChI=1S/C19H13N3/c1-12-8-9-16-14(11-12)18-13(5-4-10-20-18)19-21-15-6-2-3-7-17(15)22(16)19/h2-11H,1H3. The number of aryl methyl sites for hydroxylation is 1. The molecule has 0 aliphatic heterocycles. The number of hydrogen-bond acceptors (Lipinski definition) is 2. The van der Waals surface area contributed by atoms with Gasteiger partial charge in [-0.05, 0) is 43.3 Å². The van der Waals surface area contributed by atoms with Crippen LogP contribution in [0, 0.1) is 6.92 Å². The summed E-state index contributed by atoms with van der Waals surface area (Å²) < 4.78 is 2.24. The van der Waals surface area contributed by atoms with E-state index >= 15 is 0 Å². The van der Waals surface area contributed by atoms with E-state index in [1.54, 1.807) is 0 Å². The SMILES string of the molecule is Cc1ccc2c(c1)c1ncccc1c1nc3ccccc3n21. The van der Waals surface area contributed by atoms with Crippen molar-refractivity contribution in [3.8, 4) is 0 Å². The Bertz CT molecular complexity index is 1190. The van der Waals surface area contributed by atoms with Gasteiger partial charge in [0.05, 0.1) is 22.1 Å². The van der Waals surface area contributed by atoms with Gasteiger partial charge in [0.15, 0.2) is 0 Å². The molecular formula is C19H13N3. The van der Waals surface area contributed by atoms with Crippen LogP contribution in [0.5, 0.6) is 0 Å². The fraction of sp³-hybridized carbons (Fsp3) is 0.0526. The van der Waals surface area contributed by atoms with Gasteiger partial charge in [0.1, 0.15) is 5.65 Å². The van der Waals surface area contributed by atoms with Crippen LogP contribution >= 0.6 is 0 Å². The van der Waals surface area contributed by atoms with Gasteiger partial charge >= 0.3 is 0 Å². The first kappa shape index (κ1) is 11.7. The van der Waals surface area contributed by atoms with Crippen LogP contribution in [0.2, 0.25) is 0 Å². The van der Waals surface area contributed by atoms with Crippen LogP contribution in [-0.2, 0) is 0 Å². The third-order valence-electron chi connectivity index (χ3n) is 4.26. The molecule has 0 saturated carbocycles. The number of nitrogens with zero attached hydrogens (tertiary/aromatic N) is 3. The molecule has 0 atom stereocenters. The Morgan fingerprint density at radius 3 is 2.73 bits per heavy atom. The van der Waals surface area contributed by atoms with Gasteiger partial charge in [-0.15, -0.1) is 0 Å². The minimum absolute atomic E-state index is 0.973. The molecule has 5 aromatic rings. The number of aromatic nitrogens is 3. The van der Waals surface area contributed by atoms with Gasteiger partial charge in [-0.3, -0.25) is 9.38 Å². The molecule has 3 nitrogen and oxygen atoms in total. The Labute approximate surface area is 126 Å². The first-order valence-electron chi connectivity index (χ1n) is 7.37. The number of fused-ring (bicyclic) bond motifs is 8. The van der Waals surface area contributed by atoms with Crippen molar-refractivity contribution in [2.24, 2.45) is 0 Å². The lowest BCUT2D eigenvalue weighted by Gasteiger charge is -2.08. The van der Waals surface area contributed by atoms with Gasteiger partial charge in [0.25, 0.3) is 0 Å². The van der Waals surface area contributed by atoms with E-state index < -0.39 is 0 Å². The number of rotatable bonds is 0. The summed E-state index contributed by atoms with van der Waals surface area (Å²) in [7, 11) is 0. The van der Waals surface area contributed by atoms with Gasteiger partial charge < -0.3 is 0 Å². The zero-order chi connectivity index (χ0) is 14.7. The predicted molar refractivity (Wildman–Crippen MR) is 90.2 cm³/mol. The van der Waals surface area contributed by atoms with Gasteiger partial charge in [-0.2, -0.15) is 0 Å². The minimum Gasteiger partial charge on any atom is -0.292 e. The first-order chi connectivity index (χ1) is 10.8. The minimum atomic E-state index is 0.973. The maximum atomic E-state index is 4.84. The second-order valence-corrected chi connectivity index (χ2v) is 5.68. The lowest BCUT2D eigenvalue weighted by molar-refractivity contribution is 1.30. The largest absolute Gasteiger partial charge is 0.292 e. The second kappa shape index (κ2) is 4.04. The summed E-state index contributed by atoms with van der Waals surface area (Å²) in [5.41, 5.74) is 6.53. The number of benzene rings is 2. The molecule has 0 aliphatic rings. The number of hydrogen-bond donors (Lipinski definition) is 0. The van der Waals surface area contributed by atoms with Crippen molar-refractivity contribution >= 4 is 38.5 Å². The van der Waals surface area contributed by atoms with Gasteiger partial charge in [-0.1, -0.05) is 23.8 Å². The van der Waals surface area contributed by atoms with Crippen molar-refractivity contribution in [3.05, 3.63) is 66.4 Å². The number of pyridine rings is 2. The van der Waals surface area contributed by atoms with Crippen LogP contribution < -0.4 is 0 Å². The molecule has 0 fully saturated rings. The third-order valence-corrected chi connectivity index (χ3v) is 4.26. The summed E-state index contributed by atoms with van der Waals surface area (Å²) in [5.74, 6) is 0. The van der Waals surface area contributed by atoms with Crippen LogP contribution in [0.25, 0.3) is 38.5 Å². The van der Waals surface area contributed by atoms with Gasteiger partial charge in [-0.25, -0.2) is 4.98 Å². The Balaban J connectivity index is 2.23. The molecule has 0 saturated heterocycles. The molecular weight excluding hydrogens is 270 g/mol. The molecule has 0 N–H and O–H groups in total. The Kier molecular flexibility index (Phi) is 2.15. The maximum absolute atomic E-state index is 4.84. The zero-order valence-corrected chi connectivity index (χ0v) is 12.1. The van der Waals surface area contributed by atoms with E-state index in [0.717, 1.165) is 33.1 Å². The number of para-hydroxylation sites is 2. The molecule has 3 heteroatoms. The fourth-order valence-corrected chi connectivity index (χ4v) is 3.29. The molecule has 104 valence electrons. The molecule has 0 unspecified atom stereocenters. The predicted octanol–water partition coefficient (Wildman–Crippen LogP) is 4.50. The average Bonchev–Trinajstić information content (AvgIpc) is 2.95. The molecule has 5 rings (SSSR count). The van der Waals surface area contributed by atoms with Gasteiger partial charge in [0.2, 0.25) is 0 Å². The van der Waals surface area contributed by atoms with Crippen LogP contribution in [0.1, 0.15) is 5.56 Å². The average molecular weight is 283 g/mol. The monoisotopic (exact) mass is 283 g/mol.